The monoisotopic (exact) mass is 381 g/mol. The van der Waals surface area contributed by atoms with E-state index in [9.17, 15) is 13.2 Å². The third kappa shape index (κ3) is 5.61. The van der Waals surface area contributed by atoms with Crippen molar-refractivity contribution in [1.29, 1.82) is 0 Å². The molecule has 0 aromatic heterocycles. The molecule has 0 aliphatic carbocycles. The SMILES string of the molecule is CN(CC(=O)NC1CCNCC1)S(=O)(=O)c1ccc(Cl)cc1.Cl. The largest absolute Gasteiger partial charge is 0.352 e. The number of benzene rings is 1. The minimum atomic E-state index is -3.69. The first kappa shape index (κ1) is 20.2. The van der Waals surface area contributed by atoms with E-state index in [2.05, 4.69) is 10.6 Å². The molecule has 2 rings (SSSR count). The number of nitrogens with one attached hydrogen (secondary N) is 2. The highest BCUT2D eigenvalue weighted by Crippen LogP contribution is 2.17. The smallest absolute Gasteiger partial charge is 0.243 e. The molecule has 0 atom stereocenters. The van der Waals surface area contributed by atoms with Gasteiger partial charge in [0.25, 0.3) is 0 Å². The zero-order valence-corrected chi connectivity index (χ0v) is 15.2. The van der Waals surface area contributed by atoms with Gasteiger partial charge < -0.3 is 10.6 Å². The number of carbonyl (C=O) groups excluding carboxylic acids is 1. The third-order valence-electron chi connectivity index (χ3n) is 3.59. The van der Waals surface area contributed by atoms with Gasteiger partial charge >= 0.3 is 0 Å². The minimum Gasteiger partial charge on any atom is -0.352 e. The maximum Gasteiger partial charge on any atom is 0.243 e. The Morgan fingerprint density at radius 1 is 1.30 bits per heavy atom. The predicted octanol–water partition coefficient (Wildman–Crippen LogP) is 1.25. The summed E-state index contributed by atoms with van der Waals surface area (Å²) >= 11 is 5.76. The molecule has 1 aliphatic rings. The predicted molar refractivity (Wildman–Crippen MR) is 92.6 cm³/mol. The van der Waals surface area contributed by atoms with Gasteiger partial charge in [0.05, 0.1) is 11.4 Å². The molecule has 6 nitrogen and oxygen atoms in total. The van der Waals surface area contributed by atoms with E-state index in [0.29, 0.717) is 5.02 Å². The van der Waals surface area contributed by atoms with Crippen molar-refractivity contribution >= 4 is 39.9 Å². The highest BCUT2D eigenvalue weighted by atomic mass is 35.5. The Morgan fingerprint density at radius 2 is 1.87 bits per heavy atom. The Labute approximate surface area is 148 Å². The second kappa shape index (κ2) is 8.84. The van der Waals surface area contributed by atoms with Crippen LogP contribution < -0.4 is 10.6 Å². The van der Waals surface area contributed by atoms with Crippen LogP contribution in [0.15, 0.2) is 29.2 Å². The van der Waals surface area contributed by atoms with Crippen molar-refractivity contribution in [2.75, 3.05) is 26.7 Å². The number of piperidine rings is 1. The van der Waals surface area contributed by atoms with Crippen LogP contribution in [0.25, 0.3) is 0 Å². The molecule has 0 bridgehead atoms. The molecule has 1 aromatic carbocycles. The van der Waals surface area contributed by atoms with E-state index in [1.807, 2.05) is 0 Å². The fraction of sp³-hybridized carbons (Fsp3) is 0.500. The first-order valence-electron chi connectivity index (χ1n) is 7.11. The van der Waals surface area contributed by atoms with Gasteiger partial charge in [-0.25, -0.2) is 8.42 Å². The first-order valence-corrected chi connectivity index (χ1v) is 8.93. The van der Waals surface area contributed by atoms with Gasteiger partial charge in [0.2, 0.25) is 15.9 Å². The van der Waals surface area contributed by atoms with Gasteiger partial charge in [-0.2, -0.15) is 4.31 Å². The zero-order chi connectivity index (χ0) is 16.2. The average Bonchev–Trinajstić information content (AvgIpc) is 2.48. The number of likely N-dealkylation sites (N-methyl/N-ethyl adjacent to an activating group) is 1. The lowest BCUT2D eigenvalue weighted by molar-refractivity contribution is -0.122. The molecule has 1 fully saturated rings. The summed E-state index contributed by atoms with van der Waals surface area (Å²) in [7, 11) is -2.30. The molecule has 130 valence electrons. The number of hydrogen-bond acceptors (Lipinski definition) is 4. The molecule has 0 unspecified atom stereocenters. The van der Waals surface area contributed by atoms with E-state index in [1.54, 1.807) is 0 Å². The standard InChI is InChI=1S/C14H20ClN3O3S.ClH/c1-18(10-14(19)17-12-6-8-16-9-7-12)22(20,21)13-4-2-11(15)3-5-13;/h2-5,12,16H,6-10H2,1H3,(H,17,19);1H. The van der Waals surface area contributed by atoms with Crippen molar-refractivity contribution in [3.05, 3.63) is 29.3 Å². The van der Waals surface area contributed by atoms with Gasteiger partial charge in [-0.1, -0.05) is 11.6 Å². The zero-order valence-electron chi connectivity index (χ0n) is 12.8. The van der Waals surface area contributed by atoms with Crippen molar-refractivity contribution in [3.8, 4) is 0 Å². The Hall–Kier alpha value is -0.860. The van der Waals surface area contributed by atoms with Gasteiger partial charge in [0.1, 0.15) is 0 Å². The summed E-state index contributed by atoms with van der Waals surface area (Å²) in [6, 6.07) is 5.99. The molecular formula is C14H21Cl2N3O3S. The van der Waals surface area contributed by atoms with Crippen LogP contribution in [0.2, 0.25) is 5.02 Å². The van der Waals surface area contributed by atoms with Crippen molar-refractivity contribution in [2.24, 2.45) is 0 Å². The van der Waals surface area contributed by atoms with Crippen LogP contribution >= 0.6 is 24.0 Å². The molecule has 1 aliphatic heterocycles. The van der Waals surface area contributed by atoms with Gasteiger partial charge in [-0.15, -0.1) is 12.4 Å². The Kier molecular flexibility index (Phi) is 7.76. The third-order valence-corrected chi connectivity index (χ3v) is 5.66. The van der Waals surface area contributed by atoms with Crippen molar-refractivity contribution in [3.63, 3.8) is 0 Å². The van der Waals surface area contributed by atoms with Crippen LogP contribution in [0.4, 0.5) is 0 Å². The highest BCUT2D eigenvalue weighted by molar-refractivity contribution is 7.89. The van der Waals surface area contributed by atoms with E-state index in [-0.39, 0.29) is 35.8 Å². The number of hydrogen-bond donors (Lipinski definition) is 2. The van der Waals surface area contributed by atoms with Crippen LogP contribution in [0.1, 0.15) is 12.8 Å². The summed E-state index contributed by atoms with van der Waals surface area (Å²) < 4.78 is 25.8. The second-order valence-electron chi connectivity index (χ2n) is 5.31. The summed E-state index contributed by atoms with van der Waals surface area (Å²) in [5.41, 5.74) is 0. The molecule has 1 amide bonds. The number of sulfonamides is 1. The van der Waals surface area contributed by atoms with Crippen LogP contribution in [-0.2, 0) is 14.8 Å². The Balaban J connectivity index is 0.00000264. The molecule has 1 saturated heterocycles. The van der Waals surface area contributed by atoms with Crippen LogP contribution in [0.5, 0.6) is 0 Å². The van der Waals surface area contributed by atoms with Crippen molar-refractivity contribution < 1.29 is 13.2 Å². The summed E-state index contributed by atoms with van der Waals surface area (Å²) in [6.07, 6.45) is 1.72. The topological polar surface area (TPSA) is 78.5 Å². The quantitative estimate of drug-likeness (QED) is 0.804. The molecule has 2 N–H and O–H groups in total. The lowest BCUT2D eigenvalue weighted by atomic mass is 10.1. The van der Waals surface area contributed by atoms with Gasteiger partial charge in [0, 0.05) is 18.1 Å². The number of rotatable bonds is 5. The number of carbonyl (C=O) groups is 1. The van der Waals surface area contributed by atoms with Crippen LogP contribution in [0, 0.1) is 0 Å². The molecule has 1 aromatic rings. The highest BCUT2D eigenvalue weighted by Gasteiger charge is 2.24. The lowest BCUT2D eigenvalue weighted by Gasteiger charge is -2.25. The van der Waals surface area contributed by atoms with E-state index in [1.165, 1.54) is 31.3 Å². The van der Waals surface area contributed by atoms with E-state index in [0.717, 1.165) is 30.2 Å². The molecule has 23 heavy (non-hydrogen) atoms. The first-order chi connectivity index (χ1) is 10.4. The van der Waals surface area contributed by atoms with E-state index >= 15 is 0 Å². The molecular weight excluding hydrogens is 361 g/mol. The summed E-state index contributed by atoms with van der Waals surface area (Å²) in [4.78, 5) is 12.1. The second-order valence-corrected chi connectivity index (χ2v) is 7.79. The van der Waals surface area contributed by atoms with E-state index < -0.39 is 10.0 Å². The molecule has 0 radical (unpaired) electrons. The normalized spacial score (nSPS) is 16.0. The molecule has 9 heteroatoms. The fourth-order valence-electron chi connectivity index (χ4n) is 2.31. The van der Waals surface area contributed by atoms with Gasteiger partial charge in [-0.05, 0) is 50.2 Å². The van der Waals surface area contributed by atoms with Gasteiger partial charge in [0.15, 0.2) is 0 Å². The Morgan fingerprint density at radius 3 is 2.43 bits per heavy atom. The lowest BCUT2D eigenvalue weighted by Crippen LogP contribution is -2.46. The summed E-state index contributed by atoms with van der Waals surface area (Å²) in [6.45, 7) is 1.53. The maximum atomic E-state index is 12.4. The number of nitrogens with zero attached hydrogens (tertiary/aromatic N) is 1. The molecule has 0 saturated carbocycles. The summed E-state index contributed by atoms with van der Waals surface area (Å²) in [5.74, 6) is -0.285. The van der Waals surface area contributed by atoms with Crippen LogP contribution in [0.3, 0.4) is 0 Å². The fourth-order valence-corrected chi connectivity index (χ4v) is 3.57. The molecule has 0 spiro atoms. The van der Waals surface area contributed by atoms with Crippen LogP contribution in [-0.4, -0.2) is 51.4 Å². The molecule has 1 heterocycles. The maximum absolute atomic E-state index is 12.4. The minimum absolute atomic E-state index is 0. The Bertz CT molecular complexity index is 617. The van der Waals surface area contributed by atoms with Gasteiger partial charge in [-0.3, -0.25) is 4.79 Å². The number of amides is 1. The summed E-state index contributed by atoms with van der Waals surface area (Å²) in [5, 5.41) is 6.55. The van der Waals surface area contributed by atoms with Crippen molar-refractivity contribution in [1.82, 2.24) is 14.9 Å². The number of halogens is 2. The van der Waals surface area contributed by atoms with E-state index in [4.69, 9.17) is 11.6 Å². The van der Waals surface area contributed by atoms with Crippen molar-refractivity contribution in [2.45, 2.75) is 23.8 Å². The average molecular weight is 382 g/mol.